The standard InChI is InChI=1S/C16H16FN3O4/c1-2-3-4-11-5-7-12(8-6-11)18-14-9-13(17)15(19(21)22)10-16(14)20(23)24/h5-10,18H,2-4H2,1H3. The van der Waals surface area contributed by atoms with Crippen LogP contribution in [0.5, 0.6) is 0 Å². The number of hydrogen-bond donors (Lipinski definition) is 1. The van der Waals surface area contributed by atoms with E-state index in [0.717, 1.165) is 30.9 Å². The lowest BCUT2D eigenvalue weighted by molar-refractivity contribution is -0.395. The molecule has 0 saturated heterocycles. The highest BCUT2D eigenvalue weighted by atomic mass is 19.1. The molecule has 0 spiro atoms. The van der Waals surface area contributed by atoms with Crippen LogP contribution in [0.3, 0.4) is 0 Å². The Morgan fingerprint density at radius 1 is 1.04 bits per heavy atom. The first-order valence-corrected chi connectivity index (χ1v) is 7.40. The third-order valence-corrected chi connectivity index (χ3v) is 3.51. The lowest BCUT2D eigenvalue weighted by Gasteiger charge is -2.08. The molecule has 0 aliphatic carbocycles. The number of nitro benzene ring substituents is 2. The fraction of sp³-hybridized carbons (Fsp3) is 0.250. The molecule has 0 bridgehead atoms. The Bertz CT molecular complexity index is 763. The van der Waals surface area contributed by atoms with E-state index in [4.69, 9.17) is 0 Å². The Morgan fingerprint density at radius 3 is 2.21 bits per heavy atom. The molecule has 24 heavy (non-hydrogen) atoms. The molecule has 0 radical (unpaired) electrons. The number of nitro groups is 2. The number of unbranched alkanes of at least 4 members (excludes halogenated alkanes) is 1. The molecule has 7 nitrogen and oxygen atoms in total. The van der Waals surface area contributed by atoms with Crippen molar-refractivity contribution in [2.24, 2.45) is 0 Å². The summed E-state index contributed by atoms with van der Waals surface area (Å²) in [5.74, 6) is -1.13. The molecule has 0 aliphatic rings. The quantitative estimate of drug-likeness (QED) is 0.583. The van der Waals surface area contributed by atoms with Crippen LogP contribution in [-0.4, -0.2) is 9.85 Å². The molecule has 0 amide bonds. The fourth-order valence-corrected chi connectivity index (χ4v) is 2.23. The third kappa shape index (κ3) is 4.03. The van der Waals surface area contributed by atoms with E-state index in [2.05, 4.69) is 12.2 Å². The average Bonchev–Trinajstić information content (AvgIpc) is 2.53. The van der Waals surface area contributed by atoms with Crippen LogP contribution in [0.1, 0.15) is 25.3 Å². The van der Waals surface area contributed by atoms with Gasteiger partial charge in [0.15, 0.2) is 0 Å². The predicted octanol–water partition coefficient (Wildman–Crippen LogP) is 4.73. The number of benzene rings is 2. The molecule has 2 aromatic carbocycles. The maximum atomic E-state index is 13.7. The Kier molecular flexibility index (Phi) is 5.41. The summed E-state index contributed by atoms with van der Waals surface area (Å²) in [6.07, 6.45) is 3.07. The molecule has 0 aliphatic heterocycles. The van der Waals surface area contributed by atoms with E-state index < -0.39 is 27.0 Å². The molecule has 8 heteroatoms. The van der Waals surface area contributed by atoms with Gasteiger partial charge in [0, 0.05) is 11.8 Å². The van der Waals surface area contributed by atoms with Crippen molar-refractivity contribution in [3.05, 3.63) is 68.0 Å². The van der Waals surface area contributed by atoms with Gasteiger partial charge in [-0.15, -0.1) is 0 Å². The fourth-order valence-electron chi connectivity index (χ4n) is 2.23. The zero-order valence-electron chi connectivity index (χ0n) is 13.0. The molecule has 2 rings (SSSR count). The molecule has 0 saturated carbocycles. The van der Waals surface area contributed by atoms with Crippen molar-refractivity contribution >= 4 is 22.7 Å². The van der Waals surface area contributed by atoms with Gasteiger partial charge in [-0.1, -0.05) is 25.5 Å². The van der Waals surface area contributed by atoms with Crippen LogP contribution in [0.4, 0.5) is 27.1 Å². The highest BCUT2D eigenvalue weighted by molar-refractivity contribution is 5.72. The number of anilines is 2. The van der Waals surface area contributed by atoms with Crippen LogP contribution < -0.4 is 5.32 Å². The number of nitrogens with zero attached hydrogens (tertiary/aromatic N) is 2. The van der Waals surface area contributed by atoms with Crippen LogP contribution in [-0.2, 0) is 6.42 Å². The van der Waals surface area contributed by atoms with Gasteiger partial charge in [-0.05, 0) is 30.5 Å². The van der Waals surface area contributed by atoms with Crippen LogP contribution in [0, 0.1) is 26.0 Å². The van der Waals surface area contributed by atoms with Crippen molar-refractivity contribution in [1.29, 1.82) is 0 Å². The lowest BCUT2D eigenvalue weighted by Crippen LogP contribution is -2.01. The Hall–Kier alpha value is -3.03. The minimum absolute atomic E-state index is 0.135. The number of hydrogen-bond acceptors (Lipinski definition) is 5. The van der Waals surface area contributed by atoms with Gasteiger partial charge in [0.05, 0.1) is 15.9 Å². The first-order valence-electron chi connectivity index (χ1n) is 7.40. The van der Waals surface area contributed by atoms with Crippen molar-refractivity contribution in [3.63, 3.8) is 0 Å². The van der Waals surface area contributed by atoms with Gasteiger partial charge in [-0.25, -0.2) is 0 Å². The van der Waals surface area contributed by atoms with Crippen molar-refractivity contribution in [3.8, 4) is 0 Å². The average molecular weight is 333 g/mol. The van der Waals surface area contributed by atoms with Gasteiger partial charge >= 0.3 is 5.69 Å². The molecule has 2 aromatic rings. The molecule has 0 fully saturated rings. The number of halogens is 1. The Morgan fingerprint density at radius 2 is 1.67 bits per heavy atom. The third-order valence-electron chi connectivity index (χ3n) is 3.51. The molecule has 1 N–H and O–H groups in total. The topological polar surface area (TPSA) is 98.3 Å². The minimum Gasteiger partial charge on any atom is -0.350 e. The molecule has 0 atom stereocenters. The normalized spacial score (nSPS) is 10.4. The summed E-state index contributed by atoms with van der Waals surface area (Å²) >= 11 is 0. The lowest BCUT2D eigenvalue weighted by atomic mass is 10.1. The maximum absolute atomic E-state index is 13.7. The minimum atomic E-state index is -1.13. The van der Waals surface area contributed by atoms with Gasteiger partial charge in [-0.2, -0.15) is 4.39 Å². The number of rotatable bonds is 7. The summed E-state index contributed by atoms with van der Waals surface area (Å²) < 4.78 is 13.7. The molecular weight excluding hydrogens is 317 g/mol. The highest BCUT2D eigenvalue weighted by Gasteiger charge is 2.24. The number of nitrogens with one attached hydrogen (secondary N) is 1. The molecular formula is C16H16FN3O4. The van der Waals surface area contributed by atoms with Crippen LogP contribution in [0.15, 0.2) is 36.4 Å². The van der Waals surface area contributed by atoms with E-state index in [0.29, 0.717) is 11.8 Å². The zero-order valence-corrected chi connectivity index (χ0v) is 13.0. The second-order valence-electron chi connectivity index (χ2n) is 5.26. The zero-order chi connectivity index (χ0) is 17.7. The van der Waals surface area contributed by atoms with Crippen molar-refractivity contribution in [2.45, 2.75) is 26.2 Å². The largest absolute Gasteiger partial charge is 0.350 e. The van der Waals surface area contributed by atoms with Gasteiger partial charge in [0.2, 0.25) is 5.82 Å². The van der Waals surface area contributed by atoms with E-state index >= 15 is 0 Å². The molecule has 126 valence electrons. The van der Waals surface area contributed by atoms with Crippen molar-refractivity contribution < 1.29 is 14.2 Å². The molecule has 0 aromatic heterocycles. The van der Waals surface area contributed by atoms with Gasteiger partial charge in [-0.3, -0.25) is 20.2 Å². The Balaban J connectivity index is 2.30. The molecule has 0 heterocycles. The van der Waals surface area contributed by atoms with E-state index in [1.54, 1.807) is 12.1 Å². The molecule has 0 unspecified atom stereocenters. The smallest absolute Gasteiger partial charge is 0.311 e. The summed E-state index contributed by atoms with van der Waals surface area (Å²) in [6.45, 7) is 2.10. The summed E-state index contributed by atoms with van der Waals surface area (Å²) in [4.78, 5) is 20.0. The first kappa shape index (κ1) is 17.3. The van der Waals surface area contributed by atoms with E-state index in [1.165, 1.54) is 0 Å². The first-order chi connectivity index (χ1) is 11.4. The van der Waals surface area contributed by atoms with Crippen LogP contribution in [0.2, 0.25) is 0 Å². The van der Waals surface area contributed by atoms with Gasteiger partial charge < -0.3 is 5.32 Å². The summed E-state index contributed by atoms with van der Waals surface area (Å²) in [6, 6.07) is 8.60. The van der Waals surface area contributed by atoms with Crippen molar-refractivity contribution in [1.82, 2.24) is 0 Å². The number of aryl methyl sites for hydroxylation is 1. The second kappa shape index (κ2) is 7.49. The van der Waals surface area contributed by atoms with Crippen LogP contribution >= 0.6 is 0 Å². The monoisotopic (exact) mass is 333 g/mol. The van der Waals surface area contributed by atoms with Gasteiger partial charge in [0.1, 0.15) is 5.69 Å². The summed E-state index contributed by atoms with van der Waals surface area (Å²) in [7, 11) is 0. The van der Waals surface area contributed by atoms with E-state index in [9.17, 15) is 24.6 Å². The summed E-state index contributed by atoms with van der Waals surface area (Å²) in [5.41, 5.74) is 0.0445. The van der Waals surface area contributed by atoms with E-state index in [1.807, 2.05) is 12.1 Å². The van der Waals surface area contributed by atoms with Crippen molar-refractivity contribution in [2.75, 3.05) is 5.32 Å². The second-order valence-corrected chi connectivity index (χ2v) is 5.26. The predicted molar refractivity (Wildman–Crippen MR) is 88.0 cm³/mol. The Labute approximate surface area is 137 Å². The SMILES string of the molecule is CCCCc1ccc(Nc2cc(F)c([N+](=O)[O-])cc2[N+](=O)[O-])cc1. The van der Waals surface area contributed by atoms with Gasteiger partial charge in [0.25, 0.3) is 5.69 Å². The van der Waals surface area contributed by atoms with E-state index in [-0.39, 0.29) is 5.69 Å². The van der Waals surface area contributed by atoms with Crippen LogP contribution in [0.25, 0.3) is 0 Å². The maximum Gasteiger partial charge on any atom is 0.311 e. The highest BCUT2D eigenvalue weighted by Crippen LogP contribution is 2.33. The summed E-state index contributed by atoms with van der Waals surface area (Å²) in [5, 5.41) is 24.5.